The highest BCUT2D eigenvalue weighted by molar-refractivity contribution is 5.82. The average molecular weight is 294 g/mol. The standard InChI is InChI=1S/C19H22N2O/c1-2-13-12-21-10-8-14(13)11-18(21)19(22)16-7-9-20-17-6-4-3-5-15(16)17/h2-7,9,13-14,18-19,22H,1,8,10-12H2/t13-,14-,18+,19+/m0/s1. The molecule has 0 unspecified atom stereocenters. The lowest BCUT2D eigenvalue weighted by atomic mass is 9.73. The summed E-state index contributed by atoms with van der Waals surface area (Å²) in [5, 5.41) is 12.1. The van der Waals surface area contributed by atoms with E-state index in [2.05, 4.69) is 28.6 Å². The van der Waals surface area contributed by atoms with Gasteiger partial charge in [-0.1, -0.05) is 24.3 Å². The van der Waals surface area contributed by atoms with Gasteiger partial charge in [0.2, 0.25) is 0 Å². The van der Waals surface area contributed by atoms with Gasteiger partial charge in [0, 0.05) is 24.2 Å². The molecule has 0 amide bonds. The second-order valence-corrected chi connectivity index (χ2v) is 6.61. The van der Waals surface area contributed by atoms with Gasteiger partial charge in [-0.2, -0.15) is 0 Å². The molecule has 3 heteroatoms. The molecule has 22 heavy (non-hydrogen) atoms. The first-order valence-electron chi connectivity index (χ1n) is 8.16. The van der Waals surface area contributed by atoms with Crippen LogP contribution >= 0.6 is 0 Å². The minimum Gasteiger partial charge on any atom is -0.387 e. The molecule has 3 aliphatic rings. The zero-order valence-corrected chi connectivity index (χ0v) is 12.7. The van der Waals surface area contributed by atoms with E-state index in [4.69, 9.17) is 0 Å². The van der Waals surface area contributed by atoms with Crippen LogP contribution in [0, 0.1) is 11.8 Å². The fourth-order valence-corrected chi connectivity index (χ4v) is 4.29. The number of nitrogens with zero attached hydrogens (tertiary/aromatic N) is 2. The number of hydrogen-bond donors (Lipinski definition) is 1. The zero-order valence-electron chi connectivity index (χ0n) is 12.7. The molecule has 1 aromatic heterocycles. The topological polar surface area (TPSA) is 36.4 Å². The Labute approximate surface area is 131 Å². The number of rotatable bonds is 3. The Kier molecular flexibility index (Phi) is 3.47. The number of para-hydroxylation sites is 1. The quantitative estimate of drug-likeness (QED) is 0.883. The molecule has 1 N–H and O–H groups in total. The number of benzene rings is 1. The minimum atomic E-state index is -0.443. The van der Waals surface area contributed by atoms with E-state index in [0.717, 1.165) is 36.0 Å². The zero-order chi connectivity index (χ0) is 15.1. The van der Waals surface area contributed by atoms with Crippen LogP contribution in [0.3, 0.4) is 0 Å². The van der Waals surface area contributed by atoms with E-state index in [-0.39, 0.29) is 6.04 Å². The molecule has 3 nitrogen and oxygen atoms in total. The third-order valence-electron chi connectivity index (χ3n) is 5.52. The molecular weight excluding hydrogens is 272 g/mol. The molecular formula is C19H22N2O. The van der Waals surface area contributed by atoms with Crippen LogP contribution in [0.25, 0.3) is 10.9 Å². The molecule has 2 aromatic rings. The smallest absolute Gasteiger partial charge is 0.0952 e. The van der Waals surface area contributed by atoms with Crippen LogP contribution < -0.4 is 0 Å². The molecule has 5 rings (SSSR count). The van der Waals surface area contributed by atoms with Crippen molar-refractivity contribution < 1.29 is 5.11 Å². The Hall–Kier alpha value is -1.71. The third-order valence-corrected chi connectivity index (χ3v) is 5.52. The van der Waals surface area contributed by atoms with Gasteiger partial charge in [-0.05, 0) is 48.9 Å². The van der Waals surface area contributed by atoms with Gasteiger partial charge >= 0.3 is 0 Å². The summed E-state index contributed by atoms with van der Waals surface area (Å²) in [6.45, 7) is 6.11. The van der Waals surface area contributed by atoms with Crippen LogP contribution in [0.15, 0.2) is 49.2 Å². The van der Waals surface area contributed by atoms with Crippen LogP contribution in [0.1, 0.15) is 24.5 Å². The minimum absolute atomic E-state index is 0.223. The van der Waals surface area contributed by atoms with Crippen molar-refractivity contribution in [3.63, 3.8) is 0 Å². The van der Waals surface area contributed by atoms with Crippen LogP contribution in [0.2, 0.25) is 0 Å². The third kappa shape index (κ3) is 2.16. The largest absolute Gasteiger partial charge is 0.387 e. The van der Waals surface area contributed by atoms with Crippen molar-refractivity contribution in [1.29, 1.82) is 0 Å². The van der Waals surface area contributed by atoms with Crippen molar-refractivity contribution in [2.45, 2.75) is 25.0 Å². The number of fused-ring (bicyclic) bond motifs is 4. The van der Waals surface area contributed by atoms with Crippen LogP contribution in [0.4, 0.5) is 0 Å². The molecule has 4 heterocycles. The van der Waals surface area contributed by atoms with E-state index in [0.29, 0.717) is 11.8 Å². The molecule has 3 aliphatic heterocycles. The van der Waals surface area contributed by atoms with Crippen molar-refractivity contribution in [3.05, 3.63) is 54.7 Å². The predicted molar refractivity (Wildman–Crippen MR) is 88.5 cm³/mol. The molecule has 5 atom stereocenters. The molecule has 3 fully saturated rings. The van der Waals surface area contributed by atoms with Crippen LogP contribution in [-0.4, -0.2) is 34.1 Å². The SMILES string of the molecule is C=C[C@H]1C[N@]2CC[C@H]1C[C@@H]2[C@H](O)c1ccnc2ccccc12. The summed E-state index contributed by atoms with van der Waals surface area (Å²) in [6.07, 6.45) is 5.76. The lowest BCUT2D eigenvalue weighted by Gasteiger charge is -2.50. The second-order valence-electron chi connectivity index (χ2n) is 6.61. The summed E-state index contributed by atoms with van der Waals surface area (Å²) < 4.78 is 0. The lowest BCUT2D eigenvalue weighted by Crippen LogP contribution is -2.54. The fraction of sp³-hybridized carbons (Fsp3) is 0.421. The van der Waals surface area contributed by atoms with Gasteiger partial charge in [-0.15, -0.1) is 6.58 Å². The number of piperidine rings is 3. The van der Waals surface area contributed by atoms with Gasteiger partial charge in [0.05, 0.1) is 11.6 Å². The predicted octanol–water partition coefficient (Wildman–Crippen LogP) is 3.16. The average Bonchev–Trinajstić information content (AvgIpc) is 2.60. The van der Waals surface area contributed by atoms with Crippen LogP contribution in [-0.2, 0) is 0 Å². The van der Waals surface area contributed by atoms with E-state index >= 15 is 0 Å². The molecule has 2 bridgehead atoms. The molecule has 0 radical (unpaired) electrons. The molecule has 1 aromatic carbocycles. The summed E-state index contributed by atoms with van der Waals surface area (Å²) in [7, 11) is 0. The van der Waals surface area contributed by atoms with Crippen molar-refractivity contribution in [3.8, 4) is 0 Å². The maximum absolute atomic E-state index is 11.0. The normalized spacial score (nSPS) is 32.0. The summed E-state index contributed by atoms with van der Waals surface area (Å²) in [5.41, 5.74) is 1.97. The number of aliphatic hydroxyl groups excluding tert-OH is 1. The van der Waals surface area contributed by atoms with E-state index in [1.165, 1.54) is 6.42 Å². The highest BCUT2D eigenvalue weighted by Crippen LogP contribution is 2.41. The summed E-state index contributed by atoms with van der Waals surface area (Å²) in [6, 6.07) is 10.3. The molecule has 3 saturated heterocycles. The van der Waals surface area contributed by atoms with Gasteiger partial charge in [-0.3, -0.25) is 9.88 Å². The maximum atomic E-state index is 11.0. The number of hydrogen-bond acceptors (Lipinski definition) is 3. The van der Waals surface area contributed by atoms with Gasteiger partial charge < -0.3 is 5.11 Å². The van der Waals surface area contributed by atoms with E-state index < -0.39 is 6.10 Å². The first-order valence-corrected chi connectivity index (χ1v) is 8.16. The van der Waals surface area contributed by atoms with Crippen molar-refractivity contribution in [1.82, 2.24) is 9.88 Å². The first kappa shape index (κ1) is 13.9. The van der Waals surface area contributed by atoms with E-state index in [1.807, 2.05) is 30.5 Å². The van der Waals surface area contributed by atoms with Gasteiger partial charge in [0.15, 0.2) is 0 Å². The van der Waals surface area contributed by atoms with Crippen molar-refractivity contribution in [2.24, 2.45) is 11.8 Å². The highest BCUT2D eigenvalue weighted by atomic mass is 16.3. The lowest BCUT2D eigenvalue weighted by molar-refractivity contribution is -0.0444. The van der Waals surface area contributed by atoms with E-state index in [1.54, 1.807) is 0 Å². The maximum Gasteiger partial charge on any atom is 0.0952 e. The molecule has 114 valence electrons. The Morgan fingerprint density at radius 1 is 1.32 bits per heavy atom. The highest BCUT2D eigenvalue weighted by Gasteiger charge is 2.42. The Balaban J connectivity index is 1.67. The monoisotopic (exact) mass is 294 g/mol. The fourth-order valence-electron chi connectivity index (χ4n) is 4.29. The number of pyridine rings is 1. The number of aromatic nitrogens is 1. The van der Waals surface area contributed by atoms with Crippen molar-refractivity contribution >= 4 is 10.9 Å². The van der Waals surface area contributed by atoms with E-state index in [9.17, 15) is 5.11 Å². The molecule has 0 aliphatic carbocycles. The van der Waals surface area contributed by atoms with Gasteiger partial charge in [-0.25, -0.2) is 0 Å². The van der Waals surface area contributed by atoms with Gasteiger partial charge in [0.1, 0.15) is 0 Å². The Morgan fingerprint density at radius 2 is 2.18 bits per heavy atom. The molecule has 0 saturated carbocycles. The Morgan fingerprint density at radius 3 is 2.95 bits per heavy atom. The van der Waals surface area contributed by atoms with Crippen molar-refractivity contribution in [2.75, 3.05) is 13.1 Å². The summed E-state index contributed by atoms with van der Waals surface area (Å²) >= 11 is 0. The second kappa shape index (κ2) is 5.49. The van der Waals surface area contributed by atoms with Gasteiger partial charge in [0.25, 0.3) is 0 Å². The first-order chi connectivity index (χ1) is 10.8. The van der Waals surface area contributed by atoms with Crippen LogP contribution in [0.5, 0.6) is 0 Å². The number of aliphatic hydroxyl groups is 1. The molecule has 0 spiro atoms. The Bertz CT molecular complexity index is 693. The summed E-state index contributed by atoms with van der Waals surface area (Å²) in [5.74, 6) is 1.27. The summed E-state index contributed by atoms with van der Waals surface area (Å²) in [4.78, 5) is 6.86.